The molecular weight excluding hydrogens is 523 g/mol. The molecule has 4 aromatic rings. The van der Waals surface area contributed by atoms with Crippen molar-refractivity contribution < 1.29 is 18.0 Å². The van der Waals surface area contributed by atoms with Crippen LogP contribution in [0.2, 0.25) is 0 Å². The van der Waals surface area contributed by atoms with Crippen molar-refractivity contribution in [2.75, 3.05) is 54.0 Å². The molecule has 0 radical (unpaired) electrons. The molecule has 1 saturated heterocycles. The number of halogens is 3. The molecule has 4 N–H and O–H groups in total. The molecule has 10 nitrogen and oxygen atoms in total. The first-order valence-electron chi connectivity index (χ1n) is 12.9. The number of hydrogen-bond donors (Lipinski definition) is 3. The van der Waals surface area contributed by atoms with Crippen molar-refractivity contribution in [2.24, 2.45) is 7.05 Å². The Labute approximate surface area is 229 Å². The Morgan fingerprint density at radius 3 is 2.55 bits per heavy atom. The van der Waals surface area contributed by atoms with Gasteiger partial charge in [0.1, 0.15) is 0 Å². The van der Waals surface area contributed by atoms with Gasteiger partial charge in [0.15, 0.2) is 11.5 Å². The van der Waals surface area contributed by atoms with Crippen LogP contribution < -0.4 is 21.3 Å². The second kappa shape index (κ2) is 10.6. The summed E-state index contributed by atoms with van der Waals surface area (Å²) in [6.07, 6.45) is -3.02. The third-order valence-electron chi connectivity index (χ3n) is 7.04. The molecule has 2 aromatic heterocycles. The lowest BCUT2D eigenvalue weighted by Gasteiger charge is -2.36. The van der Waals surface area contributed by atoms with E-state index in [9.17, 15) is 18.0 Å². The molecule has 0 saturated carbocycles. The molecule has 0 aliphatic carbocycles. The van der Waals surface area contributed by atoms with Gasteiger partial charge in [0, 0.05) is 62.0 Å². The number of likely N-dealkylation sites (N-methyl/N-ethyl adjacent to an activating group) is 1. The highest BCUT2D eigenvalue weighted by Crippen LogP contribution is 2.34. The summed E-state index contributed by atoms with van der Waals surface area (Å²) in [6.45, 7) is 7.49. The number of amides is 1. The second-order valence-electron chi connectivity index (χ2n) is 9.73. The Morgan fingerprint density at radius 1 is 1.10 bits per heavy atom. The second-order valence-corrected chi connectivity index (χ2v) is 9.73. The Balaban J connectivity index is 1.40. The van der Waals surface area contributed by atoms with E-state index >= 15 is 0 Å². The van der Waals surface area contributed by atoms with Gasteiger partial charge < -0.3 is 26.2 Å². The quantitative estimate of drug-likeness (QED) is 0.322. The number of nitrogens with two attached hydrogens (primary N) is 1. The minimum Gasteiger partial charge on any atom is -0.369 e. The number of piperazine rings is 1. The van der Waals surface area contributed by atoms with Crippen LogP contribution in [0.25, 0.3) is 11.0 Å². The predicted molar refractivity (Wildman–Crippen MR) is 149 cm³/mol. The lowest BCUT2D eigenvalue weighted by atomic mass is 10.1. The van der Waals surface area contributed by atoms with Crippen LogP contribution in [0, 0.1) is 6.92 Å². The number of benzene rings is 2. The van der Waals surface area contributed by atoms with Gasteiger partial charge in [0.25, 0.3) is 5.91 Å². The summed E-state index contributed by atoms with van der Waals surface area (Å²) < 4.78 is 42.9. The van der Waals surface area contributed by atoms with Gasteiger partial charge in [0.2, 0.25) is 5.95 Å². The number of aryl methyl sites for hydroxylation is 2. The third kappa shape index (κ3) is 5.64. The Morgan fingerprint density at radius 2 is 1.85 bits per heavy atom. The number of nitrogens with zero attached hydrogens (tertiary/aromatic N) is 6. The topological polar surface area (TPSA) is 117 Å². The summed E-state index contributed by atoms with van der Waals surface area (Å²) in [7, 11) is 1.73. The van der Waals surface area contributed by atoms with Crippen molar-refractivity contribution in [1.82, 2.24) is 24.6 Å². The zero-order chi connectivity index (χ0) is 28.6. The smallest absolute Gasteiger partial charge is 0.369 e. The normalized spacial score (nSPS) is 14.5. The summed E-state index contributed by atoms with van der Waals surface area (Å²) in [6, 6.07) is 8.70. The SMILES string of the molecule is CCN1CCN(c2cc(C(=O)Nc3ccc(C)c(Nc4nn(C)c5nc(N)ncc45)c3)cc(C(F)(F)F)c2)CC1. The van der Waals surface area contributed by atoms with Crippen molar-refractivity contribution in [2.45, 2.75) is 20.0 Å². The van der Waals surface area contributed by atoms with E-state index in [0.717, 1.165) is 37.3 Å². The lowest BCUT2D eigenvalue weighted by Crippen LogP contribution is -2.46. The number of hydrogen-bond acceptors (Lipinski definition) is 8. The Hall–Kier alpha value is -4.39. The maximum Gasteiger partial charge on any atom is 0.416 e. The first-order chi connectivity index (χ1) is 19.0. The van der Waals surface area contributed by atoms with E-state index in [0.29, 0.717) is 47.0 Å². The van der Waals surface area contributed by atoms with Gasteiger partial charge in [-0.05, 0) is 49.4 Å². The fourth-order valence-electron chi connectivity index (χ4n) is 4.72. The van der Waals surface area contributed by atoms with E-state index in [1.165, 1.54) is 6.07 Å². The van der Waals surface area contributed by atoms with Crippen LogP contribution in [-0.2, 0) is 13.2 Å². The fourth-order valence-corrected chi connectivity index (χ4v) is 4.72. The van der Waals surface area contributed by atoms with E-state index in [2.05, 4.69) is 37.5 Å². The van der Waals surface area contributed by atoms with Crippen LogP contribution in [0.1, 0.15) is 28.4 Å². The molecule has 1 fully saturated rings. The van der Waals surface area contributed by atoms with E-state index in [4.69, 9.17) is 5.73 Å². The van der Waals surface area contributed by atoms with Crippen molar-refractivity contribution >= 4 is 45.8 Å². The number of aromatic nitrogens is 4. The summed E-state index contributed by atoms with van der Waals surface area (Å²) in [5, 5.41) is 11.1. The monoisotopic (exact) mass is 553 g/mol. The minimum absolute atomic E-state index is 0.0664. The molecule has 13 heteroatoms. The molecule has 210 valence electrons. The van der Waals surface area contributed by atoms with Crippen LogP contribution in [0.15, 0.2) is 42.6 Å². The maximum atomic E-state index is 13.8. The number of carbonyl (C=O) groups excluding carboxylic acids is 1. The van der Waals surface area contributed by atoms with Crippen molar-refractivity contribution in [1.29, 1.82) is 0 Å². The number of nitrogens with one attached hydrogen (secondary N) is 2. The lowest BCUT2D eigenvalue weighted by molar-refractivity contribution is -0.137. The Kier molecular flexibility index (Phi) is 7.23. The number of fused-ring (bicyclic) bond motifs is 1. The first kappa shape index (κ1) is 27.2. The van der Waals surface area contributed by atoms with Crippen molar-refractivity contribution in [3.8, 4) is 0 Å². The van der Waals surface area contributed by atoms with Crippen LogP contribution >= 0.6 is 0 Å². The maximum absolute atomic E-state index is 13.8. The number of anilines is 5. The van der Waals surface area contributed by atoms with E-state index < -0.39 is 17.6 Å². The highest BCUT2D eigenvalue weighted by atomic mass is 19.4. The van der Waals surface area contributed by atoms with Gasteiger partial charge in [-0.1, -0.05) is 13.0 Å². The molecule has 40 heavy (non-hydrogen) atoms. The summed E-state index contributed by atoms with van der Waals surface area (Å²) in [5.74, 6) is -0.0137. The third-order valence-corrected chi connectivity index (χ3v) is 7.04. The zero-order valence-electron chi connectivity index (χ0n) is 22.4. The van der Waals surface area contributed by atoms with Gasteiger partial charge >= 0.3 is 6.18 Å². The molecule has 0 spiro atoms. The van der Waals surface area contributed by atoms with Crippen LogP contribution in [0.4, 0.5) is 42.0 Å². The van der Waals surface area contributed by atoms with Crippen LogP contribution in [0.5, 0.6) is 0 Å². The van der Waals surface area contributed by atoms with Crippen LogP contribution in [0.3, 0.4) is 0 Å². The highest BCUT2D eigenvalue weighted by molar-refractivity contribution is 6.05. The number of rotatable bonds is 6. The number of carbonyl (C=O) groups is 1. The molecule has 0 bridgehead atoms. The Bertz CT molecular complexity index is 1560. The van der Waals surface area contributed by atoms with E-state index in [1.54, 1.807) is 36.1 Å². The molecule has 1 aliphatic heterocycles. The summed E-state index contributed by atoms with van der Waals surface area (Å²) in [5.41, 5.74) is 7.63. The fraction of sp³-hybridized carbons (Fsp3) is 0.333. The summed E-state index contributed by atoms with van der Waals surface area (Å²) >= 11 is 0. The van der Waals surface area contributed by atoms with Gasteiger partial charge in [0.05, 0.1) is 10.9 Å². The van der Waals surface area contributed by atoms with Gasteiger partial charge in [-0.3, -0.25) is 4.79 Å². The predicted octanol–water partition coefficient (Wildman–Crippen LogP) is 4.41. The molecule has 0 atom stereocenters. The van der Waals surface area contributed by atoms with Gasteiger partial charge in [-0.25, -0.2) is 9.67 Å². The molecule has 2 aromatic carbocycles. The molecule has 1 aliphatic rings. The van der Waals surface area contributed by atoms with Gasteiger partial charge in [-0.2, -0.15) is 23.3 Å². The average Bonchev–Trinajstić information content (AvgIpc) is 3.23. The molecule has 5 rings (SSSR count). The minimum atomic E-state index is -4.59. The first-order valence-corrected chi connectivity index (χ1v) is 12.9. The average molecular weight is 554 g/mol. The number of nitrogen functional groups attached to an aromatic ring is 1. The number of alkyl halides is 3. The molecule has 0 unspecified atom stereocenters. The van der Waals surface area contributed by atoms with E-state index in [1.807, 2.05) is 11.8 Å². The summed E-state index contributed by atoms with van der Waals surface area (Å²) in [4.78, 5) is 25.6. The molecular formula is C27H30F3N9O. The zero-order valence-corrected chi connectivity index (χ0v) is 22.4. The van der Waals surface area contributed by atoms with Gasteiger partial charge in [-0.15, -0.1) is 0 Å². The van der Waals surface area contributed by atoms with Crippen molar-refractivity contribution in [3.05, 3.63) is 59.3 Å². The van der Waals surface area contributed by atoms with Crippen molar-refractivity contribution in [3.63, 3.8) is 0 Å². The highest BCUT2D eigenvalue weighted by Gasteiger charge is 2.33. The standard InChI is InChI=1S/C27H30F3N9O/c1-4-38-7-9-39(10-8-38)20-12-17(11-18(13-20)27(28,29)30)25(40)33-19-6-5-16(2)22(14-19)34-23-21-15-32-26(31)35-24(21)37(3)36-23/h5-6,11-15H,4,7-10H2,1-3H3,(H,33,40)(H,34,36)(H2,31,32,35). The molecule has 1 amide bonds. The molecule has 3 heterocycles. The van der Waals surface area contributed by atoms with E-state index in [-0.39, 0.29) is 11.5 Å². The largest absolute Gasteiger partial charge is 0.416 e. The van der Waals surface area contributed by atoms with Crippen LogP contribution in [-0.4, -0.2) is 63.3 Å².